The summed E-state index contributed by atoms with van der Waals surface area (Å²) in [5, 5.41) is 9.10. The highest BCUT2D eigenvalue weighted by Crippen LogP contribution is 2.28. The van der Waals surface area contributed by atoms with Gasteiger partial charge in [0.15, 0.2) is 0 Å². The molecule has 0 amide bonds. The molecule has 1 aliphatic heterocycles. The van der Waals surface area contributed by atoms with Crippen molar-refractivity contribution in [3.8, 4) is 11.1 Å². The Bertz CT molecular complexity index is 766. The Morgan fingerprint density at radius 2 is 1.70 bits per heavy atom. The standard InChI is InChI=1S/C23H30N2O2/c1-3-25(17-23(26)27)20-12-14-24(15-13-20)16-19-9-5-7-11-22(19)21-10-6-4-8-18(21)2/h4-11,20H,3,12-17H2,1-2H3,(H,26,27). The predicted octanol–water partition coefficient (Wildman–Crippen LogP) is 4.03. The number of aliphatic carboxylic acids is 1. The van der Waals surface area contributed by atoms with Gasteiger partial charge in [-0.2, -0.15) is 0 Å². The van der Waals surface area contributed by atoms with Crippen molar-refractivity contribution in [2.24, 2.45) is 0 Å². The molecule has 27 heavy (non-hydrogen) atoms. The molecular formula is C23H30N2O2. The second-order valence-electron chi connectivity index (χ2n) is 7.44. The van der Waals surface area contributed by atoms with Crippen molar-refractivity contribution in [1.82, 2.24) is 9.80 Å². The summed E-state index contributed by atoms with van der Waals surface area (Å²) in [6, 6.07) is 17.6. The van der Waals surface area contributed by atoms with E-state index in [4.69, 9.17) is 5.11 Å². The summed E-state index contributed by atoms with van der Waals surface area (Å²) in [6.07, 6.45) is 2.07. The lowest BCUT2D eigenvalue weighted by atomic mass is 9.95. The van der Waals surface area contributed by atoms with Gasteiger partial charge in [-0.15, -0.1) is 0 Å². The maximum Gasteiger partial charge on any atom is 0.317 e. The van der Waals surface area contributed by atoms with E-state index in [2.05, 4.69) is 65.3 Å². The van der Waals surface area contributed by atoms with E-state index < -0.39 is 5.97 Å². The van der Waals surface area contributed by atoms with Gasteiger partial charge in [0.2, 0.25) is 0 Å². The summed E-state index contributed by atoms with van der Waals surface area (Å²) in [4.78, 5) is 15.7. The molecule has 0 saturated carbocycles. The highest BCUT2D eigenvalue weighted by atomic mass is 16.4. The number of hydrogen-bond donors (Lipinski definition) is 1. The van der Waals surface area contributed by atoms with E-state index in [1.54, 1.807) is 0 Å². The molecule has 4 heteroatoms. The number of likely N-dealkylation sites (tertiary alicyclic amines) is 1. The molecule has 1 saturated heterocycles. The maximum absolute atomic E-state index is 11.1. The van der Waals surface area contributed by atoms with Crippen molar-refractivity contribution in [3.05, 3.63) is 59.7 Å². The molecule has 1 N–H and O–H groups in total. The second-order valence-corrected chi connectivity index (χ2v) is 7.44. The van der Waals surface area contributed by atoms with Gasteiger partial charge in [0.1, 0.15) is 0 Å². The van der Waals surface area contributed by atoms with E-state index in [-0.39, 0.29) is 6.54 Å². The smallest absolute Gasteiger partial charge is 0.317 e. The first-order chi connectivity index (χ1) is 13.1. The van der Waals surface area contributed by atoms with Crippen molar-refractivity contribution in [2.45, 2.75) is 39.3 Å². The summed E-state index contributed by atoms with van der Waals surface area (Å²) in [5.74, 6) is -0.730. The van der Waals surface area contributed by atoms with Crippen LogP contribution in [0, 0.1) is 6.92 Å². The number of carboxylic acids is 1. The van der Waals surface area contributed by atoms with Crippen molar-refractivity contribution >= 4 is 5.97 Å². The molecule has 1 heterocycles. The third-order valence-electron chi connectivity index (χ3n) is 5.66. The number of carbonyl (C=O) groups is 1. The van der Waals surface area contributed by atoms with Crippen LogP contribution < -0.4 is 0 Å². The van der Waals surface area contributed by atoms with Crippen LogP contribution in [0.4, 0.5) is 0 Å². The van der Waals surface area contributed by atoms with Gasteiger partial charge in [-0.25, -0.2) is 0 Å². The Labute approximate surface area is 162 Å². The average molecular weight is 367 g/mol. The fraction of sp³-hybridized carbons (Fsp3) is 0.435. The fourth-order valence-corrected chi connectivity index (χ4v) is 4.15. The number of benzene rings is 2. The predicted molar refractivity (Wildman–Crippen MR) is 110 cm³/mol. The van der Waals surface area contributed by atoms with Crippen molar-refractivity contribution in [1.29, 1.82) is 0 Å². The topological polar surface area (TPSA) is 43.8 Å². The molecule has 0 bridgehead atoms. The Morgan fingerprint density at radius 3 is 2.33 bits per heavy atom. The first-order valence-corrected chi connectivity index (χ1v) is 9.90. The molecule has 144 valence electrons. The number of aryl methyl sites for hydroxylation is 1. The third kappa shape index (κ3) is 4.96. The molecule has 0 atom stereocenters. The largest absolute Gasteiger partial charge is 0.480 e. The van der Waals surface area contributed by atoms with Gasteiger partial charge in [-0.05, 0) is 61.7 Å². The number of rotatable bonds is 7. The van der Waals surface area contributed by atoms with Crippen LogP contribution >= 0.6 is 0 Å². The van der Waals surface area contributed by atoms with Gasteiger partial charge in [0.25, 0.3) is 0 Å². The van der Waals surface area contributed by atoms with Crippen LogP contribution in [0.25, 0.3) is 11.1 Å². The van der Waals surface area contributed by atoms with Crippen LogP contribution in [-0.4, -0.2) is 53.1 Å². The van der Waals surface area contributed by atoms with Gasteiger partial charge in [0.05, 0.1) is 6.54 Å². The maximum atomic E-state index is 11.1. The van der Waals surface area contributed by atoms with Crippen LogP contribution in [0.5, 0.6) is 0 Å². The van der Waals surface area contributed by atoms with Crippen LogP contribution in [0.1, 0.15) is 30.9 Å². The van der Waals surface area contributed by atoms with Crippen LogP contribution in [-0.2, 0) is 11.3 Å². The molecule has 3 rings (SSSR count). The molecule has 0 spiro atoms. The quantitative estimate of drug-likeness (QED) is 0.803. The highest BCUT2D eigenvalue weighted by Gasteiger charge is 2.25. The zero-order valence-electron chi connectivity index (χ0n) is 16.4. The van der Waals surface area contributed by atoms with Gasteiger partial charge < -0.3 is 5.11 Å². The summed E-state index contributed by atoms with van der Waals surface area (Å²) < 4.78 is 0. The molecule has 1 aliphatic rings. The van der Waals surface area contributed by atoms with Gasteiger partial charge >= 0.3 is 5.97 Å². The van der Waals surface area contributed by atoms with E-state index in [0.717, 1.165) is 39.0 Å². The Balaban J connectivity index is 1.66. The first-order valence-electron chi connectivity index (χ1n) is 9.90. The number of nitrogens with zero attached hydrogens (tertiary/aromatic N) is 2. The van der Waals surface area contributed by atoms with Gasteiger partial charge in [-0.1, -0.05) is 55.5 Å². The summed E-state index contributed by atoms with van der Waals surface area (Å²) in [7, 11) is 0. The molecule has 4 nitrogen and oxygen atoms in total. The summed E-state index contributed by atoms with van der Waals surface area (Å²) in [5.41, 5.74) is 5.29. The zero-order chi connectivity index (χ0) is 19.2. The number of carboxylic acid groups (broad SMARTS) is 1. The Hall–Kier alpha value is -2.17. The lowest BCUT2D eigenvalue weighted by molar-refractivity contribution is -0.139. The molecule has 0 aromatic heterocycles. The molecule has 0 aliphatic carbocycles. The SMILES string of the molecule is CCN(CC(=O)O)C1CCN(Cc2ccccc2-c2ccccc2C)CC1. The number of piperidine rings is 1. The van der Waals surface area contributed by atoms with E-state index in [0.29, 0.717) is 6.04 Å². The highest BCUT2D eigenvalue weighted by molar-refractivity contribution is 5.70. The van der Waals surface area contributed by atoms with Crippen molar-refractivity contribution < 1.29 is 9.90 Å². The minimum atomic E-state index is -0.730. The molecule has 2 aromatic rings. The minimum absolute atomic E-state index is 0.150. The zero-order valence-corrected chi connectivity index (χ0v) is 16.4. The Morgan fingerprint density at radius 1 is 1.07 bits per heavy atom. The summed E-state index contributed by atoms with van der Waals surface area (Å²) in [6.45, 7) is 8.14. The van der Waals surface area contributed by atoms with E-state index in [1.807, 2.05) is 6.92 Å². The van der Waals surface area contributed by atoms with Crippen LogP contribution in [0.3, 0.4) is 0 Å². The summed E-state index contributed by atoms with van der Waals surface area (Å²) >= 11 is 0. The third-order valence-corrected chi connectivity index (χ3v) is 5.66. The van der Waals surface area contributed by atoms with E-state index >= 15 is 0 Å². The van der Waals surface area contributed by atoms with E-state index in [1.165, 1.54) is 22.3 Å². The van der Waals surface area contributed by atoms with Crippen LogP contribution in [0.15, 0.2) is 48.5 Å². The second kappa shape index (κ2) is 9.16. The van der Waals surface area contributed by atoms with E-state index in [9.17, 15) is 4.79 Å². The molecule has 0 radical (unpaired) electrons. The number of likely N-dealkylation sites (N-methyl/N-ethyl adjacent to an activating group) is 1. The normalized spacial score (nSPS) is 16.0. The minimum Gasteiger partial charge on any atom is -0.480 e. The van der Waals surface area contributed by atoms with Crippen molar-refractivity contribution in [2.75, 3.05) is 26.2 Å². The van der Waals surface area contributed by atoms with Gasteiger partial charge in [0, 0.05) is 12.6 Å². The first kappa shape index (κ1) is 19.6. The van der Waals surface area contributed by atoms with Crippen LogP contribution in [0.2, 0.25) is 0 Å². The molecular weight excluding hydrogens is 336 g/mol. The van der Waals surface area contributed by atoms with Gasteiger partial charge in [-0.3, -0.25) is 14.6 Å². The fourth-order valence-electron chi connectivity index (χ4n) is 4.15. The van der Waals surface area contributed by atoms with Crippen molar-refractivity contribution in [3.63, 3.8) is 0 Å². The molecule has 1 fully saturated rings. The average Bonchev–Trinajstić information content (AvgIpc) is 2.68. The molecule has 2 aromatic carbocycles. The lowest BCUT2D eigenvalue weighted by Gasteiger charge is -2.37. The monoisotopic (exact) mass is 366 g/mol. The number of hydrogen-bond acceptors (Lipinski definition) is 3. The molecule has 0 unspecified atom stereocenters. The lowest BCUT2D eigenvalue weighted by Crippen LogP contribution is -2.46. The Kier molecular flexibility index (Phi) is 6.64.